The Kier molecular flexibility index (Phi) is 14.9. The zero-order valence-electron chi connectivity index (χ0n) is 26.9. The number of carbonyl (C=O) groups is 5. The average molecular weight is 620 g/mol. The maximum atomic E-state index is 12.9. The van der Waals surface area contributed by atoms with E-state index >= 15 is 0 Å². The van der Waals surface area contributed by atoms with Crippen LogP contribution >= 0.6 is 0 Å². The molecule has 2 rings (SSSR count). The highest BCUT2D eigenvalue weighted by Gasteiger charge is 2.39. The Hall–Kier alpha value is -3.83. The molecule has 1 fully saturated rings. The maximum Gasteiger partial charge on any atom is 0.412 e. The predicted octanol–water partition coefficient (Wildman–Crippen LogP) is 4.66. The van der Waals surface area contributed by atoms with Crippen LogP contribution in [0.4, 0.5) is 9.59 Å². The average Bonchev–Trinajstić information content (AvgIpc) is 2.97. The number of methoxy groups -OCH3 is 1. The Morgan fingerprint density at radius 1 is 0.977 bits per heavy atom. The SMILES string of the molecule is COC(=O)C(c1ccccc1)C1CCCCN1C(=O)OCOC(=O)CCCCCNC(=O)C(NC(=O)OC(C)(C)C)C(C)C. The number of rotatable bonds is 14. The quantitative estimate of drug-likeness (QED) is 0.131. The Bertz CT molecular complexity index is 1090. The summed E-state index contributed by atoms with van der Waals surface area (Å²) in [5.74, 6) is -2.02. The van der Waals surface area contributed by atoms with Crippen LogP contribution in [-0.2, 0) is 33.3 Å². The number of likely N-dealkylation sites (tertiary alicyclic amines) is 1. The van der Waals surface area contributed by atoms with Crippen molar-refractivity contribution in [2.45, 2.75) is 103 Å². The number of hydrogen-bond acceptors (Lipinski definition) is 9. The molecule has 1 heterocycles. The number of carbonyl (C=O) groups excluding carboxylic acids is 5. The summed E-state index contributed by atoms with van der Waals surface area (Å²) < 4.78 is 20.7. The molecule has 1 saturated heterocycles. The number of amides is 3. The van der Waals surface area contributed by atoms with Gasteiger partial charge in [0.15, 0.2) is 0 Å². The summed E-state index contributed by atoms with van der Waals surface area (Å²) in [5.41, 5.74) is 0.0892. The van der Waals surface area contributed by atoms with Crippen LogP contribution in [0.3, 0.4) is 0 Å². The summed E-state index contributed by atoms with van der Waals surface area (Å²) in [4.78, 5) is 64.0. The first-order valence-corrected chi connectivity index (χ1v) is 15.3. The van der Waals surface area contributed by atoms with Gasteiger partial charge >= 0.3 is 24.1 Å². The third-order valence-electron chi connectivity index (χ3n) is 7.16. The van der Waals surface area contributed by atoms with Crippen molar-refractivity contribution in [1.82, 2.24) is 15.5 Å². The van der Waals surface area contributed by atoms with Gasteiger partial charge in [-0.15, -0.1) is 0 Å². The highest BCUT2D eigenvalue weighted by atomic mass is 16.7. The molecule has 0 aliphatic carbocycles. The van der Waals surface area contributed by atoms with Gasteiger partial charge in [-0.05, 0) is 64.4 Å². The van der Waals surface area contributed by atoms with E-state index in [4.69, 9.17) is 18.9 Å². The monoisotopic (exact) mass is 619 g/mol. The molecule has 1 aliphatic rings. The first-order chi connectivity index (χ1) is 20.8. The van der Waals surface area contributed by atoms with E-state index in [0.717, 1.165) is 18.4 Å². The number of piperidine rings is 1. The molecule has 3 unspecified atom stereocenters. The summed E-state index contributed by atoms with van der Waals surface area (Å²) >= 11 is 0. The second-order valence-corrected chi connectivity index (χ2v) is 12.2. The third kappa shape index (κ3) is 12.4. The molecule has 3 atom stereocenters. The molecule has 246 valence electrons. The number of ether oxygens (including phenoxy) is 4. The standard InChI is InChI=1S/C32H49N3O9/c1-22(2)27(34-30(39)44-32(3,4)5)28(37)33-19-13-8-11-18-25(36)42-21-43-31(40)35-20-14-12-17-24(35)26(29(38)41-6)23-15-9-7-10-16-23/h7,9-10,15-16,22,24,26-27H,8,11-14,17-21H2,1-6H3,(H,33,37)(H,34,39). The number of benzene rings is 1. The highest BCUT2D eigenvalue weighted by molar-refractivity contribution is 5.86. The number of alkyl carbamates (subject to hydrolysis) is 1. The van der Waals surface area contributed by atoms with E-state index in [1.54, 1.807) is 20.8 Å². The summed E-state index contributed by atoms with van der Waals surface area (Å²) in [6.45, 7) is 9.20. The molecule has 12 heteroatoms. The molecule has 1 aromatic carbocycles. The lowest BCUT2D eigenvalue weighted by Crippen LogP contribution is -2.51. The predicted molar refractivity (Wildman–Crippen MR) is 162 cm³/mol. The molecular formula is C32H49N3O9. The van der Waals surface area contributed by atoms with E-state index in [0.29, 0.717) is 38.8 Å². The lowest BCUT2D eigenvalue weighted by atomic mass is 9.85. The minimum Gasteiger partial charge on any atom is -0.468 e. The van der Waals surface area contributed by atoms with E-state index in [2.05, 4.69) is 10.6 Å². The molecule has 0 saturated carbocycles. The van der Waals surface area contributed by atoms with Gasteiger partial charge in [0, 0.05) is 19.5 Å². The van der Waals surface area contributed by atoms with Gasteiger partial charge < -0.3 is 34.5 Å². The molecule has 1 aliphatic heterocycles. The summed E-state index contributed by atoms with van der Waals surface area (Å²) in [6.07, 6.45) is 2.89. The first-order valence-electron chi connectivity index (χ1n) is 15.3. The number of nitrogens with zero attached hydrogens (tertiary/aromatic N) is 1. The van der Waals surface area contributed by atoms with Crippen molar-refractivity contribution < 1.29 is 42.9 Å². The van der Waals surface area contributed by atoms with E-state index < -0.39 is 54.5 Å². The number of esters is 2. The Morgan fingerprint density at radius 2 is 1.68 bits per heavy atom. The number of hydrogen-bond donors (Lipinski definition) is 2. The fourth-order valence-electron chi connectivity index (χ4n) is 5.00. The summed E-state index contributed by atoms with van der Waals surface area (Å²) in [6, 6.07) is 8.03. The van der Waals surface area contributed by atoms with Crippen LogP contribution in [0.1, 0.15) is 91.0 Å². The molecular weight excluding hydrogens is 570 g/mol. The highest BCUT2D eigenvalue weighted by Crippen LogP contribution is 2.32. The number of unbranched alkanes of at least 4 members (excludes halogenated alkanes) is 2. The molecule has 44 heavy (non-hydrogen) atoms. The largest absolute Gasteiger partial charge is 0.468 e. The van der Waals surface area contributed by atoms with Crippen LogP contribution in [0.5, 0.6) is 0 Å². The van der Waals surface area contributed by atoms with Gasteiger partial charge in [-0.1, -0.05) is 50.6 Å². The Labute approximate surface area is 260 Å². The smallest absolute Gasteiger partial charge is 0.412 e. The van der Waals surface area contributed by atoms with Crippen LogP contribution in [0.25, 0.3) is 0 Å². The fourth-order valence-corrected chi connectivity index (χ4v) is 5.00. The molecule has 12 nitrogen and oxygen atoms in total. The van der Waals surface area contributed by atoms with E-state index in [1.165, 1.54) is 12.0 Å². The lowest BCUT2D eigenvalue weighted by molar-refractivity contribution is -0.152. The minimum absolute atomic E-state index is 0.130. The first kappa shape index (κ1) is 36.4. The van der Waals surface area contributed by atoms with Gasteiger partial charge in [0.25, 0.3) is 0 Å². The summed E-state index contributed by atoms with van der Waals surface area (Å²) in [5, 5.41) is 5.43. The Balaban J connectivity index is 1.71. The van der Waals surface area contributed by atoms with Gasteiger partial charge in [-0.2, -0.15) is 0 Å². The molecule has 0 bridgehead atoms. The van der Waals surface area contributed by atoms with Gasteiger partial charge in [0.2, 0.25) is 12.7 Å². The van der Waals surface area contributed by atoms with Crippen molar-refractivity contribution >= 4 is 30.0 Å². The maximum absolute atomic E-state index is 12.9. The second-order valence-electron chi connectivity index (χ2n) is 12.2. The molecule has 2 N–H and O–H groups in total. The third-order valence-corrected chi connectivity index (χ3v) is 7.16. The van der Waals surface area contributed by atoms with Crippen LogP contribution in [0, 0.1) is 5.92 Å². The van der Waals surface area contributed by atoms with Crippen LogP contribution < -0.4 is 10.6 Å². The van der Waals surface area contributed by atoms with Crippen LogP contribution in [0.2, 0.25) is 0 Å². The second kappa shape index (κ2) is 18.1. The molecule has 1 aromatic rings. The normalized spacial score (nSPS) is 16.3. The van der Waals surface area contributed by atoms with Crippen molar-refractivity contribution in [2.75, 3.05) is 27.0 Å². The minimum atomic E-state index is -0.729. The van der Waals surface area contributed by atoms with Gasteiger partial charge in [-0.25, -0.2) is 9.59 Å². The zero-order chi connectivity index (χ0) is 32.7. The van der Waals surface area contributed by atoms with Crippen LogP contribution in [-0.4, -0.2) is 79.6 Å². The van der Waals surface area contributed by atoms with Gasteiger partial charge in [-0.3, -0.25) is 14.4 Å². The van der Waals surface area contributed by atoms with Gasteiger partial charge in [0.1, 0.15) is 17.6 Å². The molecule has 3 amide bonds. The molecule has 0 spiro atoms. The van der Waals surface area contributed by atoms with E-state index in [9.17, 15) is 24.0 Å². The van der Waals surface area contributed by atoms with Crippen molar-refractivity contribution in [3.8, 4) is 0 Å². The lowest BCUT2D eigenvalue weighted by Gasteiger charge is -2.38. The van der Waals surface area contributed by atoms with Gasteiger partial charge in [0.05, 0.1) is 13.2 Å². The van der Waals surface area contributed by atoms with Crippen molar-refractivity contribution in [1.29, 1.82) is 0 Å². The zero-order valence-corrected chi connectivity index (χ0v) is 26.9. The number of nitrogens with one attached hydrogen (secondary N) is 2. The van der Waals surface area contributed by atoms with E-state index in [1.807, 2.05) is 44.2 Å². The molecule has 0 radical (unpaired) electrons. The Morgan fingerprint density at radius 3 is 2.32 bits per heavy atom. The van der Waals surface area contributed by atoms with E-state index in [-0.39, 0.29) is 18.2 Å². The fraction of sp³-hybridized carbons (Fsp3) is 0.656. The van der Waals surface area contributed by atoms with Crippen molar-refractivity contribution in [3.05, 3.63) is 35.9 Å². The topological polar surface area (TPSA) is 150 Å². The van der Waals surface area contributed by atoms with Crippen molar-refractivity contribution in [2.24, 2.45) is 5.92 Å². The van der Waals surface area contributed by atoms with Crippen LogP contribution in [0.15, 0.2) is 30.3 Å². The van der Waals surface area contributed by atoms with Crippen molar-refractivity contribution in [3.63, 3.8) is 0 Å². The molecule has 0 aromatic heterocycles. The summed E-state index contributed by atoms with van der Waals surface area (Å²) in [7, 11) is 1.33.